The van der Waals surface area contributed by atoms with Crippen LogP contribution in [0.1, 0.15) is 36.8 Å². The fourth-order valence-electron chi connectivity index (χ4n) is 4.09. The van der Waals surface area contributed by atoms with E-state index in [0.29, 0.717) is 11.8 Å². The molecule has 8 nitrogen and oxygen atoms in total. The highest BCUT2D eigenvalue weighted by atomic mass is 35.5. The molecule has 2 atom stereocenters. The number of non-ortho nitro benzene ring substituents is 2. The molecule has 1 aliphatic carbocycles. The fraction of sp³-hybridized carbons (Fsp3) is 0.455. The van der Waals surface area contributed by atoms with Crippen LogP contribution in [0.15, 0.2) is 48.5 Å². The van der Waals surface area contributed by atoms with Gasteiger partial charge in [-0.15, -0.1) is 24.8 Å². The summed E-state index contributed by atoms with van der Waals surface area (Å²) in [5.41, 5.74) is 2.35. The van der Waals surface area contributed by atoms with Crippen molar-refractivity contribution in [1.29, 1.82) is 0 Å². The molecule has 0 radical (unpaired) electrons. The first-order chi connectivity index (χ1) is 14.5. The van der Waals surface area contributed by atoms with Gasteiger partial charge in [-0.3, -0.25) is 20.2 Å². The minimum atomic E-state index is -0.380. The number of hydrogen-bond acceptors (Lipinski definition) is 6. The summed E-state index contributed by atoms with van der Waals surface area (Å²) in [7, 11) is 0. The monoisotopic (exact) mass is 484 g/mol. The molecule has 3 rings (SSSR count). The molecule has 0 bridgehead atoms. The minimum Gasteiger partial charge on any atom is -0.312 e. The summed E-state index contributed by atoms with van der Waals surface area (Å²) < 4.78 is 0. The van der Waals surface area contributed by atoms with Crippen LogP contribution in [0, 0.1) is 32.1 Å². The minimum absolute atomic E-state index is 0. The number of rotatable bonds is 10. The Hall–Kier alpha value is -2.26. The van der Waals surface area contributed by atoms with E-state index in [1.807, 2.05) is 0 Å². The normalized spacial score (nSPS) is 17.6. The lowest BCUT2D eigenvalue weighted by atomic mass is 9.81. The van der Waals surface area contributed by atoms with Gasteiger partial charge in [-0.2, -0.15) is 0 Å². The fourth-order valence-corrected chi connectivity index (χ4v) is 4.09. The summed E-state index contributed by atoms with van der Waals surface area (Å²) >= 11 is 0. The number of hydrogen-bond donors (Lipinski definition) is 2. The number of halogens is 2. The van der Waals surface area contributed by atoms with Crippen molar-refractivity contribution >= 4 is 36.2 Å². The quantitative estimate of drug-likeness (QED) is 0.361. The average molecular weight is 485 g/mol. The predicted octanol–water partition coefficient (Wildman–Crippen LogP) is 5.03. The van der Waals surface area contributed by atoms with Crippen molar-refractivity contribution in [1.82, 2.24) is 10.6 Å². The molecule has 10 heteroatoms. The molecule has 0 spiro atoms. The van der Waals surface area contributed by atoms with Gasteiger partial charge in [0.05, 0.1) is 9.85 Å². The zero-order valence-corrected chi connectivity index (χ0v) is 19.4. The first kappa shape index (κ1) is 27.8. The summed E-state index contributed by atoms with van der Waals surface area (Å²) in [5, 5.41) is 28.4. The number of nitrogens with one attached hydrogen (secondary N) is 2. The van der Waals surface area contributed by atoms with E-state index in [9.17, 15) is 20.2 Å². The van der Waals surface area contributed by atoms with Crippen molar-refractivity contribution in [2.45, 2.75) is 38.8 Å². The van der Waals surface area contributed by atoms with Crippen LogP contribution in [0.5, 0.6) is 0 Å². The molecule has 0 saturated heterocycles. The van der Waals surface area contributed by atoms with E-state index in [0.717, 1.165) is 37.3 Å². The van der Waals surface area contributed by atoms with Gasteiger partial charge in [0.15, 0.2) is 0 Å². The molecule has 1 saturated carbocycles. The Morgan fingerprint density at radius 3 is 1.44 bits per heavy atom. The van der Waals surface area contributed by atoms with E-state index in [1.54, 1.807) is 48.5 Å². The third-order valence-corrected chi connectivity index (χ3v) is 5.71. The summed E-state index contributed by atoms with van der Waals surface area (Å²) in [6, 6.07) is 13.4. The topological polar surface area (TPSA) is 110 Å². The maximum atomic E-state index is 10.7. The molecule has 0 aromatic heterocycles. The van der Waals surface area contributed by atoms with E-state index in [1.165, 1.54) is 25.7 Å². The van der Waals surface area contributed by atoms with Crippen molar-refractivity contribution in [2.75, 3.05) is 13.1 Å². The lowest BCUT2D eigenvalue weighted by Gasteiger charge is -2.29. The predicted molar refractivity (Wildman–Crippen MR) is 130 cm³/mol. The smallest absolute Gasteiger partial charge is 0.269 e. The molecule has 0 heterocycles. The van der Waals surface area contributed by atoms with E-state index in [4.69, 9.17) is 0 Å². The van der Waals surface area contributed by atoms with Crippen LogP contribution in [0.3, 0.4) is 0 Å². The molecule has 2 unspecified atom stereocenters. The summed E-state index contributed by atoms with van der Waals surface area (Å²) in [6.45, 7) is 3.35. The van der Waals surface area contributed by atoms with E-state index in [-0.39, 0.29) is 46.0 Å². The highest BCUT2D eigenvalue weighted by Gasteiger charge is 2.21. The molecule has 2 aromatic rings. The average Bonchev–Trinajstić information content (AvgIpc) is 2.75. The van der Waals surface area contributed by atoms with E-state index >= 15 is 0 Å². The maximum Gasteiger partial charge on any atom is 0.269 e. The van der Waals surface area contributed by atoms with Crippen LogP contribution in [-0.2, 0) is 13.1 Å². The van der Waals surface area contributed by atoms with Crippen LogP contribution in [0.4, 0.5) is 11.4 Å². The van der Waals surface area contributed by atoms with Crippen molar-refractivity contribution in [3.63, 3.8) is 0 Å². The van der Waals surface area contributed by atoms with Gasteiger partial charge >= 0.3 is 0 Å². The van der Waals surface area contributed by atoms with Crippen LogP contribution in [0.25, 0.3) is 0 Å². The summed E-state index contributed by atoms with van der Waals surface area (Å²) in [6.07, 6.45) is 4.87. The Labute approximate surface area is 200 Å². The zero-order valence-electron chi connectivity index (χ0n) is 17.8. The molecule has 2 aromatic carbocycles. The first-order valence-corrected chi connectivity index (χ1v) is 10.4. The standard InChI is InChI=1S/C22H28N4O4.2ClH/c27-25(28)21-8-4-17(5-9-21)13-23-15-19-2-1-3-20(12-19)16-24-14-18-6-10-22(11-7-18)26(29)30;;/h4-11,19-20,23-24H,1-3,12-16H2;2*1H. The molecule has 32 heavy (non-hydrogen) atoms. The van der Waals surface area contributed by atoms with Gasteiger partial charge in [-0.05, 0) is 55.3 Å². The second-order valence-electron chi connectivity index (χ2n) is 8.01. The van der Waals surface area contributed by atoms with Crippen molar-refractivity contribution in [2.24, 2.45) is 11.8 Å². The highest BCUT2D eigenvalue weighted by molar-refractivity contribution is 5.85. The zero-order chi connectivity index (χ0) is 21.3. The third kappa shape index (κ3) is 8.70. The first-order valence-electron chi connectivity index (χ1n) is 10.4. The molecule has 0 amide bonds. The number of benzene rings is 2. The molecule has 1 aliphatic rings. The Bertz CT molecular complexity index is 781. The number of nitro benzene ring substituents is 2. The SMILES string of the molecule is Cl.Cl.O=[N+]([O-])c1ccc(CNCC2CCCC(CNCc3ccc([N+](=O)[O-])cc3)C2)cc1. The van der Waals surface area contributed by atoms with Gasteiger partial charge < -0.3 is 10.6 Å². The molecule has 176 valence electrons. The van der Waals surface area contributed by atoms with Crippen LogP contribution < -0.4 is 10.6 Å². The van der Waals surface area contributed by atoms with Gasteiger partial charge in [0, 0.05) is 37.4 Å². The van der Waals surface area contributed by atoms with Gasteiger partial charge in [-0.25, -0.2) is 0 Å². The van der Waals surface area contributed by atoms with E-state index < -0.39 is 0 Å². The maximum absolute atomic E-state index is 10.7. The Morgan fingerprint density at radius 1 is 0.719 bits per heavy atom. The number of nitro groups is 2. The Morgan fingerprint density at radius 2 is 1.09 bits per heavy atom. The lowest BCUT2D eigenvalue weighted by molar-refractivity contribution is -0.385. The van der Waals surface area contributed by atoms with Crippen molar-refractivity contribution in [3.8, 4) is 0 Å². The van der Waals surface area contributed by atoms with Gasteiger partial charge in [0.1, 0.15) is 0 Å². The van der Waals surface area contributed by atoms with Crippen LogP contribution >= 0.6 is 24.8 Å². The van der Waals surface area contributed by atoms with Crippen LogP contribution in [-0.4, -0.2) is 22.9 Å². The summed E-state index contributed by atoms with van der Waals surface area (Å²) in [4.78, 5) is 20.7. The van der Waals surface area contributed by atoms with Gasteiger partial charge in [0.25, 0.3) is 11.4 Å². The largest absolute Gasteiger partial charge is 0.312 e. The molecule has 1 fully saturated rings. The number of nitrogens with zero attached hydrogens (tertiary/aromatic N) is 2. The molecular weight excluding hydrogens is 455 g/mol. The Kier molecular flexibility index (Phi) is 12.2. The third-order valence-electron chi connectivity index (χ3n) is 5.71. The molecule has 0 aliphatic heterocycles. The molecule has 2 N–H and O–H groups in total. The Balaban J connectivity index is 0.00000256. The van der Waals surface area contributed by atoms with Crippen molar-refractivity contribution < 1.29 is 9.85 Å². The second-order valence-corrected chi connectivity index (χ2v) is 8.01. The highest BCUT2D eigenvalue weighted by Crippen LogP contribution is 2.28. The van der Waals surface area contributed by atoms with Gasteiger partial charge in [-0.1, -0.05) is 30.7 Å². The lowest BCUT2D eigenvalue weighted by Crippen LogP contribution is -2.31. The molecular formula is C22H30Cl2N4O4. The van der Waals surface area contributed by atoms with Crippen LogP contribution in [0.2, 0.25) is 0 Å². The second kappa shape index (κ2) is 14.0. The van der Waals surface area contributed by atoms with E-state index in [2.05, 4.69) is 10.6 Å². The summed E-state index contributed by atoms with van der Waals surface area (Å²) in [5.74, 6) is 1.28. The van der Waals surface area contributed by atoms with Crippen molar-refractivity contribution in [3.05, 3.63) is 79.9 Å². The van der Waals surface area contributed by atoms with Gasteiger partial charge in [0.2, 0.25) is 0 Å².